The van der Waals surface area contributed by atoms with Crippen molar-refractivity contribution in [3.05, 3.63) is 0 Å². The topological polar surface area (TPSA) is 12.5 Å². The van der Waals surface area contributed by atoms with E-state index in [1.54, 1.807) is 0 Å². The Kier molecular flexibility index (Phi) is 3.11. The highest BCUT2D eigenvalue weighted by Crippen LogP contribution is 2.23. The van der Waals surface area contributed by atoms with Crippen LogP contribution in [-0.4, -0.2) is 38.5 Å². The van der Waals surface area contributed by atoms with Crippen LogP contribution < -0.4 is 0 Å². The molecule has 0 bridgehead atoms. The molecule has 0 aliphatic heterocycles. The smallest absolute Gasteiger partial charge is 0.357 e. The quantitative estimate of drug-likeness (QED) is 0.556. The molecule has 0 aliphatic carbocycles. The van der Waals surface area contributed by atoms with Crippen LogP contribution in [0.25, 0.3) is 0 Å². The molecule has 0 amide bonds. The number of nitrogens with zero attached hydrogens (tertiary/aromatic N) is 1. The van der Waals surface area contributed by atoms with Crippen LogP contribution in [0.15, 0.2) is 0 Å². The van der Waals surface area contributed by atoms with Crippen LogP contribution in [0.4, 0.5) is 13.2 Å². The summed E-state index contributed by atoms with van der Waals surface area (Å²) in [4.78, 5) is 0.958. The first-order valence-electron chi connectivity index (χ1n) is 2.65. The average molecular weight is 157 g/mol. The van der Waals surface area contributed by atoms with Crippen LogP contribution in [0, 0.1) is 0 Å². The van der Waals surface area contributed by atoms with Crippen molar-refractivity contribution in [2.24, 2.45) is 0 Å². The molecule has 0 N–H and O–H groups in total. The van der Waals surface area contributed by atoms with E-state index >= 15 is 0 Å². The number of halogens is 3. The van der Waals surface area contributed by atoms with Gasteiger partial charge in [-0.15, -0.1) is 0 Å². The first kappa shape index (κ1) is 9.71. The molecule has 0 radical (unpaired) electrons. The van der Waals surface area contributed by atoms with Gasteiger partial charge in [-0.1, -0.05) is 0 Å². The molecule has 0 aromatic carbocycles. The molecule has 0 rings (SSSR count). The summed E-state index contributed by atoms with van der Waals surface area (Å²) in [7, 11) is 3.64. The Morgan fingerprint density at radius 3 is 1.70 bits per heavy atom. The van der Waals surface area contributed by atoms with Crippen molar-refractivity contribution in [2.75, 3.05) is 21.2 Å². The van der Waals surface area contributed by atoms with E-state index in [2.05, 4.69) is 4.74 Å². The molecule has 0 spiro atoms. The molecular formula is C5H10F3NO. The van der Waals surface area contributed by atoms with E-state index < -0.39 is 12.4 Å². The summed E-state index contributed by atoms with van der Waals surface area (Å²) in [6.45, 7) is 0. The van der Waals surface area contributed by atoms with Gasteiger partial charge in [0.1, 0.15) is 0 Å². The Hall–Kier alpha value is -0.290. The molecule has 0 aliphatic rings. The third kappa shape index (κ3) is 2.53. The number of hydrogen-bond acceptors (Lipinski definition) is 2. The molecule has 62 valence electrons. The van der Waals surface area contributed by atoms with Gasteiger partial charge in [0.15, 0.2) is 0 Å². The number of rotatable bonds is 2. The molecule has 5 heteroatoms. The summed E-state index contributed by atoms with van der Waals surface area (Å²) < 4.78 is 39.6. The van der Waals surface area contributed by atoms with E-state index in [0.717, 1.165) is 12.0 Å². The lowest BCUT2D eigenvalue weighted by molar-refractivity contribution is -0.251. The van der Waals surface area contributed by atoms with Crippen molar-refractivity contribution in [1.82, 2.24) is 4.90 Å². The van der Waals surface area contributed by atoms with Gasteiger partial charge in [-0.3, -0.25) is 4.90 Å². The molecule has 1 unspecified atom stereocenters. The SMILES string of the molecule is COC(N(C)C)C(F)(F)F. The lowest BCUT2D eigenvalue weighted by Crippen LogP contribution is -2.42. The van der Waals surface area contributed by atoms with Crippen LogP contribution >= 0.6 is 0 Å². The van der Waals surface area contributed by atoms with Gasteiger partial charge in [0.05, 0.1) is 0 Å². The molecule has 0 aromatic rings. The number of hydrogen-bond donors (Lipinski definition) is 0. The molecule has 10 heavy (non-hydrogen) atoms. The molecule has 0 heterocycles. The first-order valence-corrected chi connectivity index (χ1v) is 2.65. The standard InChI is InChI=1S/C5H10F3NO/c1-9(2)4(10-3)5(6,7)8/h4H,1-3H3. The summed E-state index contributed by atoms with van der Waals surface area (Å²) >= 11 is 0. The fourth-order valence-corrected chi connectivity index (χ4v) is 0.637. The predicted molar refractivity (Wildman–Crippen MR) is 30.5 cm³/mol. The van der Waals surface area contributed by atoms with Gasteiger partial charge < -0.3 is 4.74 Å². The second kappa shape index (κ2) is 3.21. The van der Waals surface area contributed by atoms with Crippen LogP contribution in [0.5, 0.6) is 0 Å². The maximum Gasteiger partial charge on any atom is 0.428 e. The minimum atomic E-state index is -4.31. The summed E-state index contributed by atoms with van der Waals surface area (Å²) in [5.74, 6) is 0. The lowest BCUT2D eigenvalue weighted by Gasteiger charge is -2.24. The van der Waals surface area contributed by atoms with Crippen LogP contribution in [0.2, 0.25) is 0 Å². The lowest BCUT2D eigenvalue weighted by atomic mass is 10.5. The zero-order chi connectivity index (χ0) is 8.36. The minimum Gasteiger partial charge on any atom is -0.357 e. The Bertz CT molecular complexity index is 102. The largest absolute Gasteiger partial charge is 0.428 e. The summed E-state index contributed by atoms with van der Waals surface area (Å²) in [5, 5.41) is 0. The van der Waals surface area contributed by atoms with E-state index in [1.165, 1.54) is 14.1 Å². The Morgan fingerprint density at radius 1 is 1.30 bits per heavy atom. The van der Waals surface area contributed by atoms with Crippen molar-refractivity contribution < 1.29 is 17.9 Å². The second-order valence-electron chi connectivity index (χ2n) is 2.09. The zero-order valence-corrected chi connectivity index (χ0v) is 6.07. The fraction of sp³-hybridized carbons (Fsp3) is 1.00. The van der Waals surface area contributed by atoms with Gasteiger partial charge in [0.25, 0.3) is 0 Å². The molecule has 0 aromatic heterocycles. The first-order chi connectivity index (χ1) is 4.39. The maximum absolute atomic E-state index is 11.8. The predicted octanol–water partition coefficient (Wildman–Crippen LogP) is 1.08. The Morgan fingerprint density at radius 2 is 1.70 bits per heavy atom. The molecule has 2 nitrogen and oxygen atoms in total. The van der Waals surface area contributed by atoms with Crippen molar-refractivity contribution >= 4 is 0 Å². The van der Waals surface area contributed by atoms with E-state index in [-0.39, 0.29) is 0 Å². The summed E-state index contributed by atoms with van der Waals surface area (Å²) in [6, 6.07) is 0. The third-order valence-electron chi connectivity index (χ3n) is 0.972. The van der Waals surface area contributed by atoms with Crippen molar-refractivity contribution in [3.63, 3.8) is 0 Å². The Balaban J connectivity index is 4.07. The van der Waals surface area contributed by atoms with E-state index in [0.29, 0.717) is 0 Å². The van der Waals surface area contributed by atoms with Gasteiger partial charge in [-0.05, 0) is 14.1 Å². The molecule has 1 atom stereocenters. The maximum atomic E-state index is 11.8. The van der Waals surface area contributed by atoms with Gasteiger partial charge >= 0.3 is 6.18 Å². The van der Waals surface area contributed by atoms with E-state index in [9.17, 15) is 13.2 Å². The third-order valence-corrected chi connectivity index (χ3v) is 0.972. The Labute approximate surface area is 57.6 Å². The highest BCUT2D eigenvalue weighted by Gasteiger charge is 2.41. The summed E-state index contributed by atoms with van der Waals surface area (Å²) in [6.07, 6.45) is -6.11. The average Bonchev–Trinajstić information content (AvgIpc) is 1.60. The molecule has 0 saturated carbocycles. The van der Waals surface area contributed by atoms with Gasteiger partial charge in [-0.25, -0.2) is 0 Å². The highest BCUT2D eigenvalue weighted by atomic mass is 19.4. The van der Waals surface area contributed by atoms with Crippen molar-refractivity contribution in [3.8, 4) is 0 Å². The van der Waals surface area contributed by atoms with Gasteiger partial charge in [-0.2, -0.15) is 13.2 Å². The van der Waals surface area contributed by atoms with Crippen molar-refractivity contribution in [1.29, 1.82) is 0 Å². The van der Waals surface area contributed by atoms with Gasteiger partial charge in [0, 0.05) is 7.11 Å². The minimum absolute atomic E-state index is 0.958. The highest BCUT2D eigenvalue weighted by molar-refractivity contribution is 4.62. The number of ether oxygens (including phenoxy) is 1. The van der Waals surface area contributed by atoms with E-state index in [1.807, 2.05) is 0 Å². The number of alkyl halides is 3. The number of methoxy groups -OCH3 is 1. The second-order valence-corrected chi connectivity index (χ2v) is 2.09. The molecular weight excluding hydrogens is 147 g/mol. The van der Waals surface area contributed by atoms with Crippen LogP contribution in [-0.2, 0) is 4.74 Å². The monoisotopic (exact) mass is 157 g/mol. The normalized spacial score (nSPS) is 15.9. The zero-order valence-electron chi connectivity index (χ0n) is 6.07. The van der Waals surface area contributed by atoms with Crippen LogP contribution in [0.3, 0.4) is 0 Å². The van der Waals surface area contributed by atoms with Gasteiger partial charge in [0.2, 0.25) is 6.23 Å². The summed E-state index contributed by atoms with van der Waals surface area (Å²) in [5.41, 5.74) is 0. The van der Waals surface area contributed by atoms with Crippen LogP contribution in [0.1, 0.15) is 0 Å². The fourth-order valence-electron chi connectivity index (χ4n) is 0.637. The van der Waals surface area contributed by atoms with E-state index in [4.69, 9.17) is 0 Å². The molecule has 0 fully saturated rings. The molecule has 0 saturated heterocycles. The van der Waals surface area contributed by atoms with Crippen molar-refractivity contribution in [2.45, 2.75) is 12.4 Å².